The lowest BCUT2D eigenvalue weighted by Crippen LogP contribution is -2.24. The molecule has 0 amide bonds. The summed E-state index contributed by atoms with van der Waals surface area (Å²) >= 11 is 6.23. The van der Waals surface area contributed by atoms with E-state index in [4.69, 9.17) is 16.3 Å². The molecule has 0 aromatic carbocycles. The fraction of sp³-hybridized carbons (Fsp3) is 0.455. The van der Waals surface area contributed by atoms with Gasteiger partial charge in [0, 0.05) is 44.5 Å². The van der Waals surface area contributed by atoms with E-state index in [1.54, 1.807) is 12.3 Å². The number of allylic oxidation sites excluding steroid dienone is 1. The van der Waals surface area contributed by atoms with Crippen molar-refractivity contribution >= 4 is 23.5 Å². The van der Waals surface area contributed by atoms with Gasteiger partial charge in [-0.3, -0.25) is 4.90 Å². The molecule has 2 aromatic rings. The number of alkyl halides is 2. The summed E-state index contributed by atoms with van der Waals surface area (Å²) in [5.74, 6) is -2.08. The third kappa shape index (κ3) is 5.89. The van der Waals surface area contributed by atoms with E-state index in [0.717, 1.165) is 36.7 Å². The highest BCUT2D eigenvalue weighted by atomic mass is 35.5. The molecule has 0 saturated heterocycles. The van der Waals surface area contributed by atoms with Gasteiger partial charge in [0.2, 0.25) is 5.88 Å². The SMILES string of the molecule is CNc1nccc(C=C2CC2)c1CN(C)C(C)c1cnc(OCC(C)(F)F)c(Cl)c1. The van der Waals surface area contributed by atoms with Gasteiger partial charge in [-0.25, -0.2) is 18.7 Å². The number of nitrogens with zero attached hydrogens (tertiary/aromatic N) is 3. The zero-order valence-corrected chi connectivity index (χ0v) is 18.4. The highest BCUT2D eigenvalue weighted by molar-refractivity contribution is 6.31. The second kappa shape index (κ2) is 9.27. The Morgan fingerprint density at radius 3 is 2.70 bits per heavy atom. The molecular formula is C22H27ClF2N4O. The van der Waals surface area contributed by atoms with Crippen LogP contribution in [0, 0.1) is 0 Å². The highest BCUT2D eigenvalue weighted by Crippen LogP contribution is 2.33. The number of anilines is 1. The number of hydrogen-bond acceptors (Lipinski definition) is 5. The summed E-state index contributed by atoms with van der Waals surface area (Å²) in [5.41, 5.74) is 4.61. The van der Waals surface area contributed by atoms with Gasteiger partial charge in [0.05, 0.1) is 0 Å². The largest absolute Gasteiger partial charge is 0.470 e. The second-order valence-electron chi connectivity index (χ2n) is 7.79. The van der Waals surface area contributed by atoms with Crippen molar-refractivity contribution in [3.63, 3.8) is 0 Å². The molecule has 0 aliphatic heterocycles. The van der Waals surface area contributed by atoms with Gasteiger partial charge in [0.15, 0.2) is 6.61 Å². The molecule has 1 saturated carbocycles. The standard InChI is InChI=1S/C22H27ClF2N4O/c1-14(17-10-19(23)21(28-11-17)30-13-22(2,24)25)29(4)12-18-16(9-15-5-6-15)7-8-27-20(18)26-3/h7-11,14H,5-6,12-13H2,1-4H3,(H,26,27). The monoisotopic (exact) mass is 436 g/mol. The van der Waals surface area contributed by atoms with Gasteiger partial charge >= 0.3 is 0 Å². The lowest BCUT2D eigenvalue weighted by atomic mass is 10.1. The van der Waals surface area contributed by atoms with Gasteiger partial charge in [-0.2, -0.15) is 0 Å². The maximum absolute atomic E-state index is 13.0. The van der Waals surface area contributed by atoms with Crippen LogP contribution in [0.4, 0.5) is 14.6 Å². The van der Waals surface area contributed by atoms with Crippen LogP contribution in [0.2, 0.25) is 5.02 Å². The average molecular weight is 437 g/mol. The third-order valence-corrected chi connectivity index (χ3v) is 5.34. The van der Waals surface area contributed by atoms with Crippen molar-refractivity contribution in [2.24, 2.45) is 0 Å². The van der Waals surface area contributed by atoms with Crippen LogP contribution in [-0.4, -0.2) is 41.5 Å². The summed E-state index contributed by atoms with van der Waals surface area (Å²) < 4.78 is 31.1. The van der Waals surface area contributed by atoms with E-state index in [9.17, 15) is 8.78 Å². The van der Waals surface area contributed by atoms with Crippen molar-refractivity contribution in [2.45, 2.75) is 45.2 Å². The first kappa shape index (κ1) is 22.4. The summed E-state index contributed by atoms with van der Waals surface area (Å²) in [4.78, 5) is 10.8. The highest BCUT2D eigenvalue weighted by Gasteiger charge is 2.24. The quantitative estimate of drug-likeness (QED) is 0.556. The van der Waals surface area contributed by atoms with Crippen LogP contribution >= 0.6 is 11.6 Å². The van der Waals surface area contributed by atoms with Crippen LogP contribution in [0.3, 0.4) is 0 Å². The molecule has 1 atom stereocenters. The lowest BCUT2D eigenvalue weighted by molar-refractivity contribution is -0.0242. The molecular weight excluding hydrogens is 410 g/mol. The van der Waals surface area contributed by atoms with Crippen LogP contribution in [0.1, 0.15) is 49.4 Å². The Bertz CT molecular complexity index is 924. The zero-order valence-electron chi connectivity index (χ0n) is 17.7. The molecule has 1 unspecified atom stereocenters. The number of rotatable bonds is 9. The molecule has 5 nitrogen and oxygen atoms in total. The Hall–Kier alpha value is -2.25. The summed E-state index contributed by atoms with van der Waals surface area (Å²) in [5, 5.41) is 3.39. The van der Waals surface area contributed by atoms with Crippen molar-refractivity contribution < 1.29 is 13.5 Å². The van der Waals surface area contributed by atoms with E-state index >= 15 is 0 Å². The van der Waals surface area contributed by atoms with E-state index in [1.807, 2.05) is 33.3 Å². The Balaban J connectivity index is 1.76. The molecule has 30 heavy (non-hydrogen) atoms. The van der Waals surface area contributed by atoms with Crippen molar-refractivity contribution in [3.8, 4) is 5.88 Å². The van der Waals surface area contributed by atoms with Gasteiger partial charge in [-0.1, -0.05) is 23.3 Å². The zero-order chi connectivity index (χ0) is 21.9. The predicted octanol–water partition coefficient (Wildman–Crippen LogP) is 5.58. The van der Waals surface area contributed by atoms with E-state index in [1.165, 1.54) is 11.1 Å². The molecule has 1 fully saturated rings. The Labute approximate surface area is 181 Å². The van der Waals surface area contributed by atoms with Gasteiger partial charge in [0.25, 0.3) is 5.92 Å². The topological polar surface area (TPSA) is 50.3 Å². The molecule has 0 bridgehead atoms. The maximum atomic E-state index is 13.0. The molecule has 1 N–H and O–H groups in total. The Morgan fingerprint density at radius 2 is 2.10 bits per heavy atom. The van der Waals surface area contributed by atoms with E-state index < -0.39 is 12.5 Å². The van der Waals surface area contributed by atoms with Gasteiger partial charge in [-0.05, 0) is 50.1 Å². The van der Waals surface area contributed by atoms with E-state index in [0.29, 0.717) is 6.54 Å². The minimum absolute atomic E-state index is 0.0111. The molecule has 0 spiro atoms. The van der Waals surface area contributed by atoms with Crippen LogP contribution in [-0.2, 0) is 6.54 Å². The minimum Gasteiger partial charge on any atom is -0.470 e. The number of halogens is 3. The van der Waals surface area contributed by atoms with Crippen LogP contribution in [0.15, 0.2) is 30.1 Å². The molecule has 2 heterocycles. The molecule has 0 radical (unpaired) electrons. The van der Waals surface area contributed by atoms with Gasteiger partial charge < -0.3 is 10.1 Å². The van der Waals surface area contributed by atoms with Gasteiger partial charge in [0.1, 0.15) is 10.8 Å². The number of hydrogen-bond donors (Lipinski definition) is 1. The fourth-order valence-electron chi connectivity index (χ4n) is 3.07. The lowest BCUT2D eigenvalue weighted by Gasteiger charge is -2.27. The summed E-state index contributed by atoms with van der Waals surface area (Å²) in [7, 11) is 3.88. The van der Waals surface area contributed by atoms with Crippen LogP contribution < -0.4 is 10.1 Å². The Morgan fingerprint density at radius 1 is 1.37 bits per heavy atom. The average Bonchev–Trinajstić information content (AvgIpc) is 3.51. The number of aromatic nitrogens is 2. The number of ether oxygens (including phenoxy) is 1. The first-order chi connectivity index (χ1) is 14.2. The van der Waals surface area contributed by atoms with Crippen molar-refractivity contribution in [3.05, 3.63) is 51.8 Å². The van der Waals surface area contributed by atoms with Crippen LogP contribution in [0.25, 0.3) is 6.08 Å². The summed E-state index contributed by atoms with van der Waals surface area (Å²) in [6.45, 7) is 2.74. The number of pyridine rings is 2. The molecule has 8 heteroatoms. The first-order valence-electron chi connectivity index (χ1n) is 9.89. The molecule has 2 aromatic heterocycles. The minimum atomic E-state index is -2.95. The molecule has 1 aliphatic carbocycles. The van der Waals surface area contributed by atoms with Crippen molar-refractivity contribution in [1.82, 2.24) is 14.9 Å². The number of nitrogens with one attached hydrogen (secondary N) is 1. The van der Waals surface area contributed by atoms with Crippen molar-refractivity contribution in [1.29, 1.82) is 0 Å². The van der Waals surface area contributed by atoms with Crippen LogP contribution in [0.5, 0.6) is 5.88 Å². The third-order valence-electron chi connectivity index (χ3n) is 5.07. The normalized spacial score (nSPS) is 14.6. The van der Waals surface area contributed by atoms with Gasteiger partial charge in [-0.15, -0.1) is 0 Å². The molecule has 162 valence electrons. The summed E-state index contributed by atoms with van der Waals surface area (Å²) in [6.07, 6.45) is 7.99. The molecule has 1 aliphatic rings. The predicted molar refractivity (Wildman–Crippen MR) is 116 cm³/mol. The molecule has 3 rings (SSSR count). The maximum Gasteiger partial charge on any atom is 0.278 e. The van der Waals surface area contributed by atoms with E-state index in [-0.39, 0.29) is 16.9 Å². The second-order valence-corrected chi connectivity index (χ2v) is 8.19. The smallest absolute Gasteiger partial charge is 0.278 e. The van der Waals surface area contributed by atoms with E-state index in [2.05, 4.69) is 26.3 Å². The fourth-order valence-corrected chi connectivity index (χ4v) is 3.30. The Kier molecular flexibility index (Phi) is 6.93. The summed E-state index contributed by atoms with van der Waals surface area (Å²) in [6, 6.07) is 3.74. The van der Waals surface area contributed by atoms with Crippen molar-refractivity contribution in [2.75, 3.05) is 26.0 Å². The first-order valence-corrected chi connectivity index (χ1v) is 10.3.